The molecule has 2 N–H and O–H groups in total. The first-order chi connectivity index (χ1) is 12.9. The van der Waals surface area contributed by atoms with E-state index in [0.29, 0.717) is 6.61 Å². The van der Waals surface area contributed by atoms with Crippen molar-refractivity contribution in [2.75, 3.05) is 53.0 Å². The molecule has 3 fully saturated rings. The molecule has 1 saturated carbocycles. The van der Waals surface area contributed by atoms with E-state index in [4.69, 9.17) is 9.47 Å². The Morgan fingerprint density at radius 3 is 2.34 bits per heavy atom. The Morgan fingerprint density at radius 2 is 1.76 bits per heavy atom. The van der Waals surface area contributed by atoms with Gasteiger partial charge in [0.05, 0.1) is 24.2 Å². The highest BCUT2D eigenvalue weighted by Gasteiger charge is 2.45. The molecule has 3 rings (SSSR count). The van der Waals surface area contributed by atoms with E-state index in [-0.39, 0.29) is 47.3 Å². The fourth-order valence-electron chi connectivity index (χ4n) is 5.29. The Balaban J connectivity index is 0.00000210. The molecule has 2 heterocycles. The highest BCUT2D eigenvalue weighted by molar-refractivity contribution is 5.85. The Kier molecular flexibility index (Phi) is 10.7. The average molecular weight is 454 g/mol. The van der Waals surface area contributed by atoms with Crippen molar-refractivity contribution in [3.05, 3.63) is 0 Å². The third-order valence-electron chi connectivity index (χ3n) is 6.92. The maximum absolute atomic E-state index is 13.2. The van der Waals surface area contributed by atoms with Gasteiger partial charge in [-0.2, -0.15) is 0 Å². The summed E-state index contributed by atoms with van der Waals surface area (Å²) in [6, 6.07) is 0. The Morgan fingerprint density at radius 1 is 1.10 bits per heavy atom. The molecule has 1 aliphatic carbocycles. The van der Waals surface area contributed by atoms with Crippen LogP contribution in [0.2, 0.25) is 0 Å². The van der Waals surface area contributed by atoms with Gasteiger partial charge < -0.3 is 20.1 Å². The predicted molar refractivity (Wildman–Crippen MR) is 121 cm³/mol. The number of nitrogens with zero attached hydrogens (tertiary/aromatic N) is 1. The van der Waals surface area contributed by atoms with E-state index in [9.17, 15) is 4.79 Å². The number of hydrogen-bond acceptors (Lipinski definition) is 5. The summed E-state index contributed by atoms with van der Waals surface area (Å²) in [5, 5.41) is 6.75. The molecular formula is C21H41Cl2N3O3. The molecule has 0 unspecified atom stereocenters. The molecule has 2 saturated heterocycles. The lowest BCUT2D eigenvalue weighted by Crippen LogP contribution is -2.64. The highest BCUT2D eigenvalue weighted by atomic mass is 35.5. The molecule has 0 aromatic heterocycles. The lowest BCUT2D eigenvalue weighted by molar-refractivity contribution is -0.140. The van der Waals surface area contributed by atoms with Gasteiger partial charge in [-0.25, -0.2) is 0 Å². The van der Waals surface area contributed by atoms with Crippen molar-refractivity contribution in [2.45, 2.75) is 69.9 Å². The van der Waals surface area contributed by atoms with Gasteiger partial charge in [-0.1, -0.05) is 19.3 Å². The minimum Gasteiger partial charge on any atom is -0.384 e. The third kappa shape index (κ3) is 6.44. The largest absolute Gasteiger partial charge is 0.384 e. The summed E-state index contributed by atoms with van der Waals surface area (Å²) in [7, 11) is 1.70. The van der Waals surface area contributed by atoms with Crippen LogP contribution in [-0.2, 0) is 14.3 Å². The van der Waals surface area contributed by atoms with Crippen LogP contribution in [0.4, 0.5) is 0 Å². The van der Waals surface area contributed by atoms with E-state index in [0.717, 1.165) is 52.2 Å². The number of amides is 1. The lowest BCUT2D eigenvalue weighted by atomic mass is 9.77. The first kappa shape index (κ1) is 26.9. The summed E-state index contributed by atoms with van der Waals surface area (Å²) in [6.07, 6.45) is 7.85. The normalized spacial score (nSPS) is 25.9. The van der Waals surface area contributed by atoms with Gasteiger partial charge in [-0.05, 0) is 52.6 Å². The fraction of sp³-hybridized carbons (Fsp3) is 0.952. The zero-order chi connectivity index (χ0) is 19.4. The number of rotatable bonds is 6. The zero-order valence-electron chi connectivity index (χ0n) is 18.4. The van der Waals surface area contributed by atoms with Crippen LogP contribution in [0.25, 0.3) is 0 Å². The molecule has 0 aromatic rings. The average Bonchev–Trinajstić information content (AvgIpc) is 2.67. The Labute approximate surface area is 189 Å². The monoisotopic (exact) mass is 453 g/mol. The molecular weight excluding hydrogens is 413 g/mol. The molecule has 1 amide bonds. The second kappa shape index (κ2) is 11.5. The van der Waals surface area contributed by atoms with Gasteiger partial charge in [-0.15, -0.1) is 24.8 Å². The van der Waals surface area contributed by atoms with Crippen LogP contribution in [0.1, 0.15) is 58.8 Å². The van der Waals surface area contributed by atoms with Gasteiger partial charge >= 0.3 is 0 Å². The number of halogens is 2. The number of carbonyl (C=O) groups is 1. The van der Waals surface area contributed by atoms with Crippen LogP contribution in [0.5, 0.6) is 0 Å². The number of nitrogens with one attached hydrogen (secondary N) is 2. The minimum atomic E-state index is -0.375. The minimum absolute atomic E-state index is 0. The molecule has 0 atom stereocenters. The molecule has 0 bridgehead atoms. The van der Waals surface area contributed by atoms with Crippen molar-refractivity contribution >= 4 is 30.7 Å². The molecule has 0 spiro atoms. The quantitative estimate of drug-likeness (QED) is 0.647. The predicted octanol–water partition coefficient (Wildman–Crippen LogP) is 2.78. The van der Waals surface area contributed by atoms with Crippen molar-refractivity contribution in [1.29, 1.82) is 0 Å². The number of morpholine rings is 1. The SMILES string of the molecule is COCC1(C(=O)NCC2(N3CCOC(C)(C)C3)CCCCC2)CCNCC1.Cl.Cl. The summed E-state index contributed by atoms with van der Waals surface area (Å²) >= 11 is 0. The van der Waals surface area contributed by atoms with Crippen molar-refractivity contribution in [1.82, 2.24) is 15.5 Å². The van der Waals surface area contributed by atoms with Gasteiger partial charge in [0, 0.05) is 32.3 Å². The van der Waals surface area contributed by atoms with Gasteiger partial charge in [0.1, 0.15) is 0 Å². The van der Waals surface area contributed by atoms with Crippen LogP contribution in [0, 0.1) is 5.41 Å². The van der Waals surface area contributed by atoms with E-state index in [1.165, 1.54) is 32.1 Å². The van der Waals surface area contributed by atoms with Crippen LogP contribution in [-0.4, -0.2) is 75.0 Å². The molecule has 172 valence electrons. The van der Waals surface area contributed by atoms with Crippen molar-refractivity contribution < 1.29 is 14.3 Å². The van der Waals surface area contributed by atoms with Gasteiger partial charge in [0.2, 0.25) is 5.91 Å². The maximum Gasteiger partial charge on any atom is 0.228 e. The van der Waals surface area contributed by atoms with Crippen molar-refractivity contribution in [3.63, 3.8) is 0 Å². The zero-order valence-corrected chi connectivity index (χ0v) is 20.0. The molecule has 29 heavy (non-hydrogen) atoms. The number of ether oxygens (including phenoxy) is 2. The third-order valence-corrected chi connectivity index (χ3v) is 6.92. The number of methoxy groups -OCH3 is 1. The van der Waals surface area contributed by atoms with Crippen LogP contribution in [0.15, 0.2) is 0 Å². The van der Waals surface area contributed by atoms with Crippen LogP contribution in [0.3, 0.4) is 0 Å². The topological polar surface area (TPSA) is 62.8 Å². The molecule has 0 aromatic carbocycles. The molecule has 6 nitrogen and oxygen atoms in total. The van der Waals surface area contributed by atoms with E-state index in [1.54, 1.807) is 7.11 Å². The number of hydrogen-bond donors (Lipinski definition) is 2. The van der Waals surface area contributed by atoms with Crippen LogP contribution >= 0.6 is 24.8 Å². The van der Waals surface area contributed by atoms with Crippen molar-refractivity contribution in [3.8, 4) is 0 Å². The van der Waals surface area contributed by atoms with E-state index >= 15 is 0 Å². The first-order valence-corrected chi connectivity index (χ1v) is 10.8. The fourth-order valence-corrected chi connectivity index (χ4v) is 5.29. The van der Waals surface area contributed by atoms with E-state index in [2.05, 4.69) is 29.4 Å². The van der Waals surface area contributed by atoms with Crippen LogP contribution < -0.4 is 10.6 Å². The second-order valence-electron chi connectivity index (χ2n) is 9.46. The first-order valence-electron chi connectivity index (χ1n) is 10.8. The Hall–Kier alpha value is -0.110. The standard InChI is InChI=1S/C21H39N3O3.2ClH/c1-19(2)16-24(13-14-27-19)21(7-5-4-6-8-21)15-23-18(25)20(17-26-3)9-11-22-12-10-20;;/h22H,4-17H2,1-3H3,(H,23,25);2*1H. The van der Waals surface area contributed by atoms with Crippen molar-refractivity contribution in [2.24, 2.45) is 5.41 Å². The van der Waals surface area contributed by atoms with E-state index < -0.39 is 0 Å². The molecule has 8 heteroatoms. The van der Waals surface area contributed by atoms with Gasteiger partial charge in [-0.3, -0.25) is 9.69 Å². The van der Waals surface area contributed by atoms with Gasteiger partial charge in [0.25, 0.3) is 0 Å². The molecule has 2 aliphatic heterocycles. The number of carbonyl (C=O) groups excluding carboxylic acids is 1. The summed E-state index contributed by atoms with van der Waals surface area (Å²) in [6.45, 7) is 10.1. The smallest absolute Gasteiger partial charge is 0.228 e. The molecule has 3 aliphatic rings. The Bertz CT molecular complexity index is 502. The van der Waals surface area contributed by atoms with E-state index in [1.807, 2.05) is 0 Å². The highest BCUT2D eigenvalue weighted by Crippen LogP contribution is 2.37. The maximum atomic E-state index is 13.2. The summed E-state index contributed by atoms with van der Waals surface area (Å²) in [4.78, 5) is 15.9. The lowest BCUT2D eigenvalue weighted by Gasteiger charge is -2.52. The van der Waals surface area contributed by atoms with Gasteiger partial charge in [0.15, 0.2) is 0 Å². The summed E-state index contributed by atoms with van der Waals surface area (Å²) in [5.74, 6) is 0.184. The molecule has 0 radical (unpaired) electrons. The summed E-state index contributed by atoms with van der Waals surface area (Å²) < 4.78 is 11.4. The second-order valence-corrected chi connectivity index (χ2v) is 9.46. The summed E-state index contributed by atoms with van der Waals surface area (Å²) in [5.41, 5.74) is -0.407. The number of piperidine rings is 1.